The molecule has 2 fully saturated rings. The van der Waals surface area contributed by atoms with Crippen molar-refractivity contribution < 1.29 is 13.2 Å². The molecule has 132 valence electrons. The summed E-state index contributed by atoms with van der Waals surface area (Å²) in [5.41, 5.74) is 1.44. The third-order valence-corrected chi connectivity index (χ3v) is 7.23. The fourth-order valence-corrected chi connectivity index (χ4v) is 5.08. The SMILES string of the molecule is Cc1cc(N(CC(=O)NC2CC3CCC2C3)S(C)(=O)=O)ccc1Br. The van der Waals surface area contributed by atoms with Crippen LogP contribution in [0.3, 0.4) is 0 Å². The lowest BCUT2D eigenvalue weighted by atomic mass is 9.95. The number of carbonyl (C=O) groups is 1. The van der Waals surface area contributed by atoms with Gasteiger partial charge in [-0.1, -0.05) is 22.4 Å². The molecule has 7 heteroatoms. The van der Waals surface area contributed by atoms with Gasteiger partial charge in [-0.05, 0) is 61.8 Å². The number of hydrogen-bond acceptors (Lipinski definition) is 3. The Labute approximate surface area is 152 Å². The lowest BCUT2D eigenvalue weighted by Gasteiger charge is -2.26. The molecule has 0 heterocycles. The maximum absolute atomic E-state index is 12.4. The number of fused-ring (bicyclic) bond motifs is 2. The van der Waals surface area contributed by atoms with E-state index < -0.39 is 10.0 Å². The average Bonchev–Trinajstić information content (AvgIpc) is 3.09. The summed E-state index contributed by atoms with van der Waals surface area (Å²) in [5.74, 6) is 1.08. The van der Waals surface area contributed by atoms with Crippen LogP contribution in [-0.2, 0) is 14.8 Å². The molecule has 5 nitrogen and oxygen atoms in total. The van der Waals surface area contributed by atoms with Gasteiger partial charge in [0, 0.05) is 10.5 Å². The zero-order chi connectivity index (χ0) is 17.5. The summed E-state index contributed by atoms with van der Waals surface area (Å²) >= 11 is 3.41. The van der Waals surface area contributed by atoms with E-state index in [0.717, 1.165) is 28.6 Å². The van der Waals surface area contributed by atoms with Crippen LogP contribution < -0.4 is 9.62 Å². The molecule has 0 radical (unpaired) electrons. The summed E-state index contributed by atoms with van der Waals surface area (Å²) in [6, 6.07) is 5.50. The number of aryl methyl sites for hydroxylation is 1. The minimum atomic E-state index is -3.53. The molecule has 1 aromatic rings. The number of anilines is 1. The normalized spacial score (nSPS) is 25.7. The molecule has 0 aromatic heterocycles. The molecule has 2 saturated carbocycles. The highest BCUT2D eigenvalue weighted by Crippen LogP contribution is 2.44. The smallest absolute Gasteiger partial charge is 0.241 e. The van der Waals surface area contributed by atoms with Gasteiger partial charge in [-0.15, -0.1) is 0 Å². The van der Waals surface area contributed by atoms with Crippen molar-refractivity contribution in [2.75, 3.05) is 17.1 Å². The van der Waals surface area contributed by atoms with E-state index in [1.807, 2.05) is 6.92 Å². The largest absolute Gasteiger partial charge is 0.352 e. The Kier molecular flexibility index (Phi) is 4.93. The predicted octanol–water partition coefficient (Wildman–Crippen LogP) is 2.83. The molecule has 3 atom stereocenters. The van der Waals surface area contributed by atoms with Gasteiger partial charge in [-0.25, -0.2) is 8.42 Å². The fraction of sp³-hybridized carbons (Fsp3) is 0.588. The second-order valence-electron chi connectivity index (χ2n) is 7.05. The number of hydrogen-bond donors (Lipinski definition) is 1. The van der Waals surface area contributed by atoms with Crippen molar-refractivity contribution in [3.05, 3.63) is 28.2 Å². The zero-order valence-electron chi connectivity index (χ0n) is 14.0. The molecule has 0 aliphatic heterocycles. The molecule has 1 aromatic carbocycles. The number of nitrogens with one attached hydrogen (secondary N) is 1. The number of rotatable bonds is 5. The third kappa shape index (κ3) is 3.77. The van der Waals surface area contributed by atoms with Crippen LogP contribution in [0, 0.1) is 18.8 Å². The Morgan fingerprint density at radius 3 is 2.62 bits per heavy atom. The summed E-state index contributed by atoms with van der Waals surface area (Å²) in [4.78, 5) is 12.4. The van der Waals surface area contributed by atoms with Crippen LogP contribution in [0.2, 0.25) is 0 Å². The van der Waals surface area contributed by atoms with Gasteiger partial charge in [-0.2, -0.15) is 0 Å². The molecule has 2 bridgehead atoms. The Morgan fingerprint density at radius 2 is 2.08 bits per heavy atom. The number of halogens is 1. The summed E-state index contributed by atoms with van der Waals surface area (Å²) in [7, 11) is -3.53. The monoisotopic (exact) mass is 414 g/mol. The lowest BCUT2D eigenvalue weighted by molar-refractivity contribution is -0.120. The highest BCUT2D eigenvalue weighted by molar-refractivity contribution is 9.10. The molecule has 1 amide bonds. The van der Waals surface area contributed by atoms with Gasteiger partial charge in [0.25, 0.3) is 0 Å². The van der Waals surface area contributed by atoms with E-state index in [-0.39, 0.29) is 18.5 Å². The predicted molar refractivity (Wildman–Crippen MR) is 98.4 cm³/mol. The van der Waals surface area contributed by atoms with Crippen LogP contribution >= 0.6 is 15.9 Å². The van der Waals surface area contributed by atoms with Crippen molar-refractivity contribution >= 4 is 37.5 Å². The molecule has 0 saturated heterocycles. The topological polar surface area (TPSA) is 66.5 Å². The van der Waals surface area contributed by atoms with Gasteiger partial charge in [0.1, 0.15) is 6.54 Å². The Hall–Kier alpha value is -1.08. The molecule has 24 heavy (non-hydrogen) atoms. The van der Waals surface area contributed by atoms with Crippen molar-refractivity contribution in [3.8, 4) is 0 Å². The van der Waals surface area contributed by atoms with Crippen LogP contribution in [0.25, 0.3) is 0 Å². The number of benzene rings is 1. The maximum Gasteiger partial charge on any atom is 0.241 e. The quantitative estimate of drug-likeness (QED) is 0.805. The second-order valence-corrected chi connectivity index (χ2v) is 9.81. The summed E-state index contributed by atoms with van der Waals surface area (Å²) in [6.07, 6.45) is 5.82. The van der Waals surface area contributed by atoms with Crippen molar-refractivity contribution in [1.29, 1.82) is 0 Å². The number of sulfonamides is 1. The number of amides is 1. The highest BCUT2D eigenvalue weighted by atomic mass is 79.9. The van der Waals surface area contributed by atoms with E-state index in [2.05, 4.69) is 21.2 Å². The van der Waals surface area contributed by atoms with Gasteiger partial charge < -0.3 is 5.32 Å². The molecule has 0 spiro atoms. The fourth-order valence-electron chi connectivity index (χ4n) is 3.99. The minimum absolute atomic E-state index is 0.173. The standard InChI is InChI=1S/C17H23BrN2O3S/c1-11-7-14(5-6-15(11)18)20(24(2,22)23)10-17(21)19-16-9-12-3-4-13(16)8-12/h5-7,12-13,16H,3-4,8-10H2,1-2H3,(H,19,21). The van der Waals surface area contributed by atoms with Crippen LogP contribution in [0.5, 0.6) is 0 Å². The average molecular weight is 415 g/mol. The van der Waals surface area contributed by atoms with E-state index in [1.165, 1.54) is 23.6 Å². The van der Waals surface area contributed by atoms with Crippen molar-refractivity contribution in [3.63, 3.8) is 0 Å². The molecule has 2 aliphatic rings. The van der Waals surface area contributed by atoms with E-state index >= 15 is 0 Å². The molecule has 2 aliphatic carbocycles. The van der Waals surface area contributed by atoms with Gasteiger partial charge in [-0.3, -0.25) is 9.10 Å². The lowest BCUT2D eigenvalue weighted by Crippen LogP contribution is -2.45. The second kappa shape index (κ2) is 6.67. The zero-order valence-corrected chi connectivity index (χ0v) is 16.4. The first kappa shape index (κ1) is 17.7. The van der Waals surface area contributed by atoms with Gasteiger partial charge >= 0.3 is 0 Å². The van der Waals surface area contributed by atoms with Crippen molar-refractivity contribution in [2.24, 2.45) is 11.8 Å². The number of carbonyl (C=O) groups excluding carboxylic acids is 1. The van der Waals surface area contributed by atoms with Crippen LogP contribution in [0.15, 0.2) is 22.7 Å². The Morgan fingerprint density at radius 1 is 1.33 bits per heavy atom. The van der Waals surface area contributed by atoms with Gasteiger partial charge in [0.05, 0.1) is 11.9 Å². The van der Waals surface area contributed by atoms with Crippen LogP contribution in [0.4, 0.5) is 5.69 Å². The Bertz CT molecular complexity index is 750. The Balaban J connectivity index is 1.72. The summed E-state index contributed by atoms with van der Waals surface area (Å²) < 4.78 is 26.4. The molecule has 1 N–H and O–H groups in total. The van der Waals surface area contributed by atoms with Crippen LogP contribution in [0.1, 0.15) is 31.2 Å². The minimum Gasteiger partial charge on any atom is -0.352 e. The third-order valence-electron chi connectivity index (χ3n) is 5.20. The molecule has 3 unspecified atom stereocenters. The van der Waals surface area contributed by atoms with E-state index in [0.29, 0.717) is 11.6 Å². The molecular weight excluding hydrogens is 392 g/mol. The van der Waals surface area contributed by atoms with Crippen molar-refractivity contribution in [2.45, 2.75) is 38.6 Å². The molecular formula is C17H23BrN2O3S. The number of nitrogens with zero attached hydrogens (tertiary/aromatic N) is 1. The first-order valence-corrected chi connectivity index (χ1v) is 10.9. The first-order valence-electron chi connectivity index (χ1n) is 8.27. The molecule has 3 rings (SSSR count). The first-order chi connectivity index (χ1) is 11.2. The van der Waals surface area contributed by atoms with E-state index in [4.69, 9.17) is 0 Å². The van der Waals surface area contributed by atoms with Crippen LogP contribution in [-0.4, -0.2) is 33.2 Å². The maximum atomic E-state index is 12.4. The van der Waals surface area contributed by atoms with E-state index in [9.17, 15) is 13.2 Å². The van der Waals surface area contributed by atoms with E-state index in [1.54, 1.807) is 18.2 Å². The summed E-state index contributed by atoms with van der Waals surface area (Å²) in [5, 5.41) is 3.05. The summed E-state index contributed by atoms with van der Waals surface area (Å²) in [6.45, 7) is 1.72. The van der Waals surface area contributed by atoms with Gasteiger partial charge in [0.15, 0.2) is 0 Å². The van der Waals surface area contributed by atoms with Crippen molar-refractivity contribution in [1.82, 2.24) is 5.32 Å². The van der Waals surface area contributed by atoms with Gasteiger partial charge in [0.2, 0.25) is 15.9 Å². The highest BCUT2D eigenvalue weighted by Gasteiger charge is 2.40.